The van der Waals surface area contributed by atoms with Gasteiger partial charge in [0.25, 0.3) is 0 Å². The monoisotopic (exact) mass is 1500 g/mol. The van der Waals surface area contributed by atoms with Gasteiger partial charge in [-0.3, -0.25) is 57.5 Å². The van der Waals surface area contributed by atoms with Crippen molar-refractivity contribution in [1.82, 2.24) is 65.4 Å². The zero-order valence-electron chi connectivity index (χ0n) is 68.7. The van der Waals surface area contributed by atoms with Crippen molar-refractivity contribution in [3.8, 4) is 0 Å². The van der Waals surface area contributed by atoms with Crippen LogP contribution in [0.5, 0.6) is 0 Å². The van der Waals surface area contributed by atoms with Crippen LogP contribution in [0.2, 0.25) is 0 Å². The van der Waals surface area contributed by atoms with E-state index >= 15 is 43.2 Å². The number of ether oxygens (including phenoxy) is 1. The van der Waals surface area contributed by atoms with Crippen LogP contribution < -0.4 is 21.3 Å². The minimum Gasteiger partial charge on any atom is -0.391 e. The Kier molecular flexibility index (Phi) is 38.9. The van der Waals surface area contributed by atoms with Crippen LogP contribution in [0.3, 0.4) is 0 Å². The molecule has 2 saturated carbocycles. The highest BCUT2D eigenvalue weighted by molar-refractivity contribution is 5.99. The molecule has 0 aromatic rings. The maximum atomic E-state index is 15.9. The molecule has 0 aromatic heterocycles. The number of likely N-dealkylation sites (N-methyl/N-ethyl adjacent to an activating group) is 7. The first-order chi connectivity index (χ1) is 49.8. The summed E-state index contributed by atoms with van der Waals surface area (Å²) in [6, 6.07) is -12.7. The smallest absolute Gasteiger partial charge is 0.248 e. The van der Waals surface area contributed by atoms with Crippen molar-refractivity contribution >= 4 is 70.9 Å². The highest BCUT2D eigenvalue weighted by Crippen LogP contribution is 2.33. The van der Waals surface area contributed by atoms with Crippen LogP contribution >= 0.6 is 0 Å². The molecule has 106 heavy (non-hydrogen) atoms. The Morgan fingerprint density at radius 2 is 0.830 bits per heavy atom. The molecule has 2 aliphatic carbocycles. The highest BCUT2D eigenvalue weighted by Gasteiger charge is 2.45. The quantitative estimate of drug-likeness (QED) is 0.0865. The highest BCUT2D eigenvalue weighted by atomic mass is 16.5. The van der Waals surface area contributed by atoms with Gasteiger partial charge in [0, 0.05) is 81.9 Å². The molecule has 2 heterocycles. The second-order valence-electron chi connectivity index (χ2n) is 33.8. The van der Waals surface area contributed by atoms with Gasteiger partial charge in [-0.2, -0.15) is 0 Å². The van der Waals surface area contributed by atoms with Crippen molar-refractivity contribution < 1.29 is 67.4 Å². The van der Waals surface area contributed by atoms with Crippen LogP contribution in [0.15, 0.2) is 0 Å². The molecule has 2 saturated heterocycles. The summed E-state index contributed by atoms with van der Waals surface area (Å²) >= 11 is 0. The molecular weight excluding hydrogens is 1350 g/mol. The van der Waals surface area contributed by atoms with Gasteiger partial charge < -0.3 is 75.2 Å². The number of piperidine rings is 1. The van der Waals surface area contributed by atoms with Crippen LogP contribution in [0.4, 0.5) is 0 Å². The van der Waals surface area contributed by atoms with E-state index in [-0.39, 0.29) is 119 Å². The van der Waals surface area contributed by atoms with Crippen molar-refractivity contribution in [1.29, 1.82) is 0 Å². The van der Waals surface area contributed by atoms with E-state index in [0.717, 1.165) is 83.5 Å². The predicted octanol–water partition coefficient (Wildman–Crippen LogP) is 5.67. The summed E-state index contributed by atoms with van der Waals surface area (Å²) in [5, 5.41) is 23.2. The molecule has 27 nitrogen and oxygen atoms in total. The fourth-order valence-electron chi connectivity index (χ4n) is 15.4. The number of hydrogen-bond acceptors (Lipinski definition) is 15. The van der Waals surface area contributed by atoms with E-state index in [4.69, 9.17) is 4.74 Å². The van der Waals surface area contributed by atoms with Crippen molar-refractivity contribution in [3.63, 3.8) is 0 Å². The van der Waals surface area contributed by atoms with Gasteiger partial charge >= 0.3 is 0 Å². The average Bonchev–Trinajstić information content (AvgIpc) is 0.817. The van der Waals surface area contributed by atoms with Gasteiger partial charge in [-0.1, -0.05) is 133 Å². The average molecular weight is 1500 g/mol. The molecule has 12 amide bonds. The lowest BCUT2D eigenvalue weighted by Gasteiger charge is -2.39. The molecule has 0 bridgehead atoms. The van der Waals surface area contributed by atoms with Crippen molar-refractivity contribution in [2.24, 2.45) is 41.4 Å². The van der Waals surface area contributed by atoms with E-state index in [0.29, 0.717) is 19.6 Å². The Balaban J connectivity index is 1.96. The number of carbonyl (C=O) groups is 12. The standard InChI is InChI=1S/C79H141N13O14/c1-50(2)41-58-74(100)87(16)63(44-53(7)8)73(99)83-69(55(11)93)79(105)91(20)65(45-54(9)10)77(103)88(17)62(43-52(5)6)71(97)81-59(76(102)92-37-28-23-29-38-92)48-68(95)85(14)36-30-35-67(94)86(15)61(42-51(3)4)70(96)82-60(49-106-40-39-84(12)13)75(101)90(19)66(47-57-33-26-22-27-34-57)78(104)89(18)64(72(98)80-58)46-56-31-24-21-25-32-56/h50-66,69,93H,21-49H2,1-20H3,(H,80,98)(H,81,97)(H,82,96)(H,83,99)/t55-,58+,59+,60+,61+,62+,63+,64+,65+,66+,69+/m1/s1. The number of rotatable bonds is 21. The molecule has 2 aliphatic heterocycles. The number of aliphatic hydroxyl groups excluding tert-OH is 1. The number of hydrogen-bond donors (Lipinski definition) is 5. The number of nitrogens with zero attached hydrogens (tertiary/aromatic N) is 9. The van der Waals surface area contributed by atoms with Gasteiger partial charge in [0.2, 0.25) is 70.9 Å². The van der Waals surface area contributed by atoms with Gasteiger partial charge in [-0.25, -0.2) is 0 Å². The first-order valence-corrected chi connectivity index (χ1v) is 40.0. The molecule has 4 rings (SSSR count). The minimum atomic E-state index is -1.65. The predicted molar refractivity (Wildman–Crippen MR) is 410 cm³/mol. The van der Waals surface area contributed by atoms with Crippen LogP contribution in [0.1, 0.15) is 224 Å². The second kappa shape index (κ2) is 44.9. The number of amides is 12. The summed E-state index contributed by atoms with van der Waals surface area (Å²) in [5.74, 6) is -8.13. The third-order valence-electron chi connectivity index (χ3n) is 22.0. The van der Waals surface area contributed by atoms with Crippen LogP contribution in [0.25, 0.3) is 0 Å². The van der Waals surface area contributed by atoms with Gasteiger partial charge in [-0.15, -0.1) is 0 Å². The summed E-state index contributed by atoms with van der Waals surface area (Å²) in [4.78, 5) is 194. The molecule has 4 fully saturated rings. The number of aliphatic hydroxyl groups is 1. The first kappa shape index (κ1) is 91.9. The molecular formula is C79H141N13O14. The van der Waals surface area contributed by atoms with E-state index in [1.807, 2.05) is 88.2 Å². The van der Waals surface area contributed by atoms with Gasteiger partial charge in [0.1, 0.15) is 60.4 Å². The Labute approximate surface area is 635 Å². The topological polar surface area (TPSA) is 312 Å². The lowest BCUT2D eigenvalue weighted by Crippen LogP contribution is -2.63. The van der Waals surface area contributed by atoms with E-state index in [1.165, 1.54) is 69.4 Å². The number of nitrogens with one attached hydrogen (secondary N) is 4. The van der Waals surface area contributed by atoms with E-state index in [1.54, 1.807) is 26.0 Å². The third-order valence-corrected chi connectivity index (χ3v) is 22.0. The molecule has 11 atom stereocenters. The van der Waals surface area contributed by atoms with Crippen molar-refractivity contribution in [2.75, 3.05) is 103 Å². The second-order valence-corrected chi connectivity index (χ2v) is 33.8. The Bertz CT molecular complexity index is 2860. The van der Waals surface area contributed by atoms with E-state index < -0.39 is 144 Å². The van der Waals surface area contributed by atoms with Gasteiger partial charge in [-0.05, 0) is 133 Å². The zero-order valence-corrected chi connectivity index (χ0v) is 68.7. The molecule has 0 unspecified atom stereocenters. The lowest BCUT2D eigenvalue weighted by molar-refractivity contribution is -0.152. The first-order valence-electron chi connectivity index (χ1n) is 40.0. The summed E-state index contributed by atoms with van der Waals surface area (Å²) in [5.41, 5.74) is 0. The summed E-state index contributed by atoms with van der Waals surface area (Å²) < 4.78 is 6.17. The van der Waals surface area contributed by atoms with Crippen molar-refractivity contribution in [3.05, 3.63) is 0 Å². The van der Waals surface area contributed by atoms with Crippen LogP contribution in [0, 0.1) is 41.4 Å². The molecule has 4 aliphatic rings. The van der Waals surface area contributed by atoms with Crippen LogP contribution in [-0.2, 0) is 62.3 Å². The molecule has 27 heteroatoms. The van der Waals surface area contributed by atoms with E-state index in [9.17, 15) is 19.5 Å². The fraction of sp³-hybridized carbons (Fsp3) is 0.848. The summed E-state index contributed by atoms with van der Waals surface area (Å²) in [7, 11) is 14.2. The number of likely N-dealkylation sites (tertiary alicyclic amines) is 1. The maximum Gasteiger partial charge on any atom is 0.248 e. The maximum absolute atomic E-state index is 15.9. The minimum absolute atomic E-state index is 0.0343. The molecule has 606 valence electrons. The Hall–Kier alpha value is -6.48. The van der Waals surface area contributed by atoms with E-state index in [2.05, 4.69) is 21.3 Å². The largest absolute Gasteiger partial charge is 0.391 e. The normalized spacial score (nSPS) is 26.8. The Morgan fingerprint density at radius 1 is 0.434 bits per heavy atom. The summed E-state index contributed by atoms with van der Waals surface area (Å²) in [6.07, 6.45) is 10.5. The molecule has 0 aromatic carbocycles. The lowest BCUT2D eigenvalue weighted by atomic mass is 9.83. The molecule has 0 radical (unpaired) electrons. The Morgan fingerprint density at radius 3 is 1.33 bits per heavy atom. The summed E-state index contributed by atoms with van der Waals surface area (Å²) in [6.45, 7) is 21.4. The third kappa shape index (κ3) is 28.5. The fourth-order valence-corrected chi connectivity index (χ4v) is 15.4. The zero-order chi connectivity index (χ0) is 79.6. The number of carbonyl (C=O) groups excluding carboxylic acids is 12. The van der Waals surface area contributed by atoms with Gasteiger partial charge in [0.15, 0.2) is 0 Å². The van der Waals surface area contributed by atoms with Gasteiger partial charge in [0.05, 0.1) is 25.7 Å². The van der Waals surface area contributed by atoms with Crippen LogP contribution in [-0.4, -0.2) is 289 Å². The van der Waals surface area contributed by atoms with Crippen molar-refractivity contribution in [2.45, 2.75) is 290 Å². The molecule has 5 N–H and O–H groups in total. The SMILES string of the molecule is CC(C)C[C@@H]1NC(=O)[C@H](CC2CCCCC2)N(C)C(=O)[C@H](CC2CCCCC2)N(C)C(=O)[C@H](COCCN(C)C)NC(=O)[C@H](CC(C)C)N(C)C(=O)CCCN(C)C(=O)C[C@@H](C(=O)N2CCCCC2)NC(=O)[C@H](CC(C)C)N(C)C(=O)[C@H](CC(C)C)N(C)C(=O)[C@H]([C@@H](C)O)NC(=O)[C@H](CC(C)C)N(C)C1=O. The molecule has 0 spiro atoms.